The predicted molar refractivity (Wildman–Crippen MR) is 57.5 cm³/mol. The molecule has 0 saturated carbocycles. The maximum absolute atomic E-state index is 13.0. The number of nitrogens with zero attached hydrogens (tertiary/aromatic N) is 2. The first-order valence-corrected chi connectivity index (χ1v) is 4.94. The number of nitriles is 1. The van der Waals surface area contributed by atoms with Crippen molar-refractivity contribution in [2.75, 3.05) is 0 Å². The van der Waals surface area contributed by atoms with Crippen LogP contribution in [0.25, 0.3) is 0 Å². The van der Waals surface area contributed by atoms with Crippen LogP contribution in [-0.4, -0.2) is 9.97 Å². The highest BCUT2D eigenvalue weighted by Gasteiger charge is 2.16. The first-order valence-electron chi connectivity index (χ1n) is 4.56. The first-order chi connectivity index (χ1) is 7.72. The molecule has 0 fully saturated rings. The largest absolute Gasteiger partial charge is 0.347 e. The van der Waals surface area contributed by atoms with E-state index in [-0.39, 0.29) is 5.02 Å². The van der Waals surface area contributed by atoms with Gasteiger partial charge in [-0.15, -0.1) is 0 Å². The summed E-state index contributed by atoms with van der Waals surface area (Å²) in [4.78, 5) is 6.85. The second kappa shape index (κ2) is 4.33. The third-order valence-corrected chi connectivity index (χ3v) is 2.49. The van der Waals surface area contributed by atoms with E-state index in [0.29, 0.717) is 11.4 Å². The highest BCUT2D eigenvalue weighted by Crippen LogP contribution is 2.25. The Balaban J connectivity index is 2.43. The molecular formula is C11H7ClFN3. The van der Waals surface area contributed by atoms with Crippen LogP contribution in [0.5, 0.6) is 0 Å². The van der Waals surface area contributed by atoms with E-state index in [9.17, 15) is 4.39 Å². The van der Waals surface area contributed by atoms with Gasteiger partial charge in [-0.3, -0.25) is 0 Å². The Morgan fingerprint density at radius 3 is 2.88 bits per heavy atom. The third-order valence-electron chi connectivity index (χ3n) is 2.20. The average molecular weight is 236 g/mol. The van der Waals surface area contributed by atoms with Crippen LogP contribution < -0.4 is 0 Å². The highest BCUT2D eigenvalue weighted by molar-refractivity contribution is 6.30. The number of hydrogen-bond donors (Lipinski definition) is 1. The zero-order valence-corrected chi connectivity index (χ0v) is 8.87. The molecule has 1 heterocycles. The number of halogens is 2. The number of H-pyrrole nitrogens is 1. The molecule has 1 atom stereocenters. The Bertz CT molecular complexity index is 531. The molecule has 1 aromatic heterocycles. The second-order valence-electron chi connectivity index (χ2n) is 3.21. The molecule has 16 heavy (non-hydrogen) atoms. The minimum Gasteiger partial charge on any atom is -0.347 e. The van der Waals surface area contributed by atoms with E-state index in [1.165, 1.54) is 18.2 Å². The summed E-state index contributed by atoms with van der Waals surface area (Å²) in [6.07, 6.45) is 3.19. The molecule has 1 unspecified atom stereocenters. The van der Waals surface area contributed by atoms with Gasteiger partial charge in [0.25, 0.3) is 0 Å². The number of benzene rings is 1. The van der Waals surface area contributed by atoms with Crippen LogP contribution in [0.2, 0.25) is 5.02 Å². The average Bonchev–Trinajstić information content (AvgIpc) is 2.78. The van der Waals surface area contributed by atoms with Crippen molar-refractivity contribution < 1.29 is 4.39 Å². The normalized spacial score (nSPS) is 12.1. The Kier molecular flexibility index (Phi) is 2.88. The van der Waals surface area contributed by atoms with Gasteiger partial charge in [-0.1, -0.05) is 17.7 Å². The molecule has 0 aliphatic carbocycles. The van der Waals surface area contributed by atoms with Crippen molar-refractivity contribution in [1.29, 1.82) is 5.26 Å². The summed E-state index contributed by atoms with van der Waals surface area (Å²) in [6.45, 7) is 0. The van der Waals surface area contributed by atoms with Crippen molar-refractivity contribution in [3.63, 3.8) is 0 Å². The van der Waals surface area contributed by atoms with Crippen molar-refractivity contribution in [1.82, 2.24) is 9.97 Å². The molecule has 0 aliphatic rings. The zero-order valence-electron chi connectivity index (χ0n) is 8.11. The van der Waals surface area contributed by atoms with Gasteiger partial charge >= 0.3 is 0 Å². The summed E-state index contributed by atoms with van der Waals surface area (Å²) < 4.78 is 13.0. The summed E-state index contributed by atoms with van der Waals surface area (Å²) in [5.41, 5.74) is 0.615. The molecule has 80 valence electrons. The minimum atomic E-state index is -0.562. The van der Waals surface area contributed by atoms with Crippen molar-refractivity contribution in [2.24, 2.45) is 0 Å². The molecule has 3 nitrogen and oxygen atoms in total. The van der Waals surface area contributed by atoms with E-state index < -0.39 is 11.7 Å². The second-order valence-corrected chi connectivity index (χ2v) is 3.62. The number of hydrogen-bond acceptors (Lipinski definition) is 2. The summed E-state index contributed by atoms with van der Waals surface area (Å²) in [5.74, 6) is -0.542. The van der Waals surface area contributed by atoms with Crippen LogP contribution >= 0.6 is 11.6 Å². The minimum absolute atomic E-state index is 0.00399. The van der Waals surface area contributed by atoms with Crippen molar-refractivity contribution in [2.45, 2.75) is 5.92 Å². The molecule has 0 saturated heterocycles. The van der Waals surface area contributed by atoms with Gasteiger partial charge in [0.1, 0.15) is 17.6 Å². The Morgan fingerprint density at radius 2 is 2.31 bits per heavy atom. The van der Waals surface area contributed by atoms with Gasteiger partial charge < -0.3 is 4.98 Å². The summed E-state index contributed by atoms with van der Waals surface area (Å²) >= 11 is 5.66. The van der Waals surface area contributed by atoms with Crippen LogP contribution in [0.3, 0.4) is 0 Å². The van der Waals surface area contributed by atoms with Crippen molar-refractivity contribution >= 4 is 11.6 Å². The van der Waals surface area contributed by atoms with E-state index in [0.717, 1.165) is 0 Å². The van der Waals surface area contributed by atoms with Gasteiger partial charge in [-0.25, -0.2) is 9.37 Å². The lowest BCUT2D eigenvalue weighted by Gasteiger charge is -2.07. The van der Waals surface area contributed by atoms with Crippen molar-refractivity contribution in [3.8, 4) is 6.07 Å². The van der Waals surface area contributed by atoms with Crippen LogP contribution in [0, 0.1) is 17.1 Å². The molecule has 1 N–H and O–H groups in total. The molecule has 0 amide bonds. The van der Waals surface area contributed by atoms with Gasteiger partial charge in [-0.2, -0.15) is 5.26 Å². The van der Waals surface area contributed by atoms with E-state index >= 15 is 0 Å². The fourth-order valence-electron chi connectivity index (χ4n) is 1.42. The Morgan fingerprint density at radius 1 is 1.50 bits per heavy atom. The number of nitrogens with one attached hydrogen (secondary N) is 1. The number of aromatic amines is 1. The molecule has 0 radical (unpaired) electrons. The van der Waals surface area contributed by atoms with E-state index in [1.54, 1.807) is 12.4 Å². The van der Waals surface area contributed by atoms with Crippen LogP contribution in [-0.2, 0) is 0 Å². The molecule has 0 spiro atoms. The maximum atomic E-state index is 13.0. The Hall–Kier alpha value is -1.86. The molecule has 5 heteroatoms. The molecular weight excluding hydrogens is 229 g/mol. The molecule has 0 aliphatic heterocycles. The monoisotopic (exact) mass is 235 g/mol. The fraction of sp³-hybridized carbons (Fsp3) is 0.0909. The van der Waals surface area contributed by atoms with Crippen LogP contribution in [0.4, 0.5) is 4.39 Å². The van der Waals surface area contributed by atoms with Gasteiger partial charge in [-0.05, 0) is 17.7 Å². The maximum Gasteiger partial charge on any atom is 0.141 e. The standard InChI is InChI=1S/C11H7ClFN3/c12-9-5-7(1-2-10(9)13)8(6-14)11-15-3-4-16-11/h1-5,8H,(H,15,16). The number of rotatable bonds is 2. The first kappa shape index (κ1) is 10.7. The fourth-order valence-corrected chi connectivity index (χ4v) is 1.61. The lowest BCUT2D eigenvalue weighted by Crippen LogP contribution is -2.00. The summed E-state index contributed by atoms with van der Waals surface area (Å²) in [7, 11) is 0. The highest BCUT2D eigenvalue weighted by atomic mass is 35.5. The lowest BCUT2D eigenvalue weighted by atomic mass is 10.00. The molecule has 2 aromatic rings. The summed E-state index contributed by atoms with van der Waals surface area (Å²) in [6, 6.07) is 6.30. The predicted octanol–water partition coefficient (Wildman–Crippen LogP) is 2.86. The quantitative estimate of drug-likeness (QED) is 0.870. The van der Waals surface area contributed by atoms with Gasteiger partial charge in [0.2, 0.25) is 0 Å². The van der Waals surface area contributed by atoms with E-state index in [1.807, 2.05) is 0 Å². The summed E-state index contributed by atoms with van der Waals surface area (Å²) in [5, 5.41) is 9.07. The molecule has 0 bridgehead atoms. The van der Waals surface area contributed by atoms with Crippen LogP contribution in [0.1, 0.15) is 17.3 Å². The van der Waals surface area contributed by atoms with Gasteiger partial charge in [0.05, 0.1) is 11.1 Å². The third kappa shape index (κ3) is 1.90. The smallest absolute Gasteiger partial charge is 0.141 e. The SMILES string of the molecule is N#CC(c1ccc(F)c(Cl)c1)c1ncc[nH]1. The van der Waals surface area contributed by atoms with Gasteiger partial charge in [0, 0.05) is 12.4 Å². The number of imidazole rings is 1. The zero-order chi connectivity index (χ0) is 11.5. The topological polar surface area (TPSA) is 52.5 Å². The van der Waals surface area contributed by atoms with E-state index in [2.05, 4.69) is 16.0 Å². The number of aromatic nitrogens is 2. The van der Waals surface area contributed by atoms with Crippen LogP contribution in [0.15, 0.2) is 30.6 Å². The van der Waals surface area contributed by atoms with Gasteiger partial charge in [0.15, 0.2) is 0 Å². The Labute approximate surface area is 96.5 Å². The van der Waals surface area contributed by atoms with E-state index in [4.69, 9.17) is 16.9 Å². The molecule has 2 rings (SSSR count). The lowest BCUT2D eigenvalue weighted by molar-refractivity contribution is 0.627. The molecule has 1 aromatic carbocycles. The van der Waals surface area contributed by atoms with Crippen molar-refractivity contribution in [3.05, 3.63) is 52.8 Å².